The zero-order valence-electron chi connectivity index (χ0n) is 13.0. The fraction of sp³-hybridized carbons (Fsp3) is 0.412. The monoisotopic (exact) mass is 317 g/mol. The van der Waals surface area contributed by atoms with E-state index in [4.69, 9.17) is 0 Å². The molecular weight excluding hydrogens is 297 g/mol. The fourth-order valence-corrected chi connectivity index (χ4v) is 3.00. The number of aliphatic hydroxyl groups is 1. The van der Waals surface area contributed by atoms with Crippen LogP contribution in [0.25, 0.3) is 0 Å². The quantitative estimate of drug-likeness (QED) is 0.905. The van der Waals surface area contributed by atoms with Crippen LogP contribution in [0.2, 0.25) is 0 Å². The predicted octanol–water partition coefficient (Wildman–Crippen LogP) is 1.89. The number of halogens is 1. The molecule has 2 heterocycles. The molecule has 0 saturated carbocycles. The summed E-state index contributed by atoms with van der Waals surface area (Å²) in [6.45, 7) is 2.65. The molecule has 1 aliphatic rings. The van der Waals surface area contributed by atoms with E-state index in [2.05, 4.69) is 14.9 Å². The minimum Gasteiger partial charge on any atom is -0.388 e. The Morgan fingerprint density at radius 3 is 3.17 bits per heavy atom. The summed E-state index contributed by atoms with van der Waals surface area (Å²) in [5.41, 5.74) is 1.39. The summed E-state index contributed by atoms with van der Waals surface area (Å²) in [6, 6.07) is 5.73. The average molecular weight is 317 g/mol. The van der Waals surface area contributed by atoms with Gasteiger partial charge in [0.2, 0.25) is 5.91 Å². The van der Waals surface area contributed by atoms with Crippen LogP contribution in [0.4, 0.5) is 4.39 Å². The van der Waals surface area contributed by atoms with Crippen LogP contribution in [0.3, 0.4) is 0 Å². The zero-order chi connectivity index (χ0) is 16.4. The van der Waals surface area contributed by atoms with Gasteiger partial charge in [-0.05, 0) is 31.0 Å². The van der Waals surface area contributed by atoms with Crippen molar-refractivity contribution in [2.24, 2.45) is 0 Å². The summed E-state index contributed by atoms with van der Waals surface area (Å²) in [4.78, 5) is 16.5. The van der Waals surface area contributed by atoms with Crippen molar-refractivity contribution in [3.05, 3.63) is 53.4 Å². The zero-order valence-corrected chi connectivity index (χ0v) is 13.0. The van der Waals surface area contributed by atoms with Crippen molar-refractivity contribution in [1.29, 1.82) is 0 Å². The Kier molecular flexibility index (Phi) is 4.43. The number of amides is 1. The van der Waals surface area contributed by atoms with Gasteiger partial charge >= 0.3 is 0 Å². The second-order valence-corrected chi connectivity index (χ2v) is 6.03. The highest BCUT2D eigenvalue weighted by Crippen LogP contribution is 2.19. The Morgan fingerprint density at radius 2 is 2.39 bits per heavy atom. The van der Waals surface area contributed by atoms with Crippen LogP contribution in [-0.4, -0.2) is 26.6 Å². The number of benzene rings is 1. The summed E-state index contributed by atoms with van der Waals surface area (Å²) >= 11 is 0. The molecule has 5 nitrogen and oxygen atoms in total. The van der Waals surface area contributed by atoms with Crippen LogP contribution in [0, 0.1) is 12.7 Å². The maximum atomic E-state index is 13.2. The molecule has 2 atom stereocenters. The molecule has 2 unspecified atom stereocenters. The number of aliphatic hydroxyl groups excluding tert-OH is 1. The topological polar surface area (TPSA) is 67.2 Å². The molecule has 1 amide bonds. The molecule has 1 aliphatic heterocycles. The van der Waals surface area contributed by atoms with Crippen LogP contribution in [0.1, 0.15) is 36.0 Å². The standard InChI is InChI=1S/C17H20FN3O2/c1-11-9-21-10-14(5-6-16(21)19-11)20-17(23)8-15(22)12-3-2-4-13(18)7-12/h2-4,7,9,14-15,22H,5-6,8,10H2,1H3,(H,20,23). The maximum Gasteiger partial charge on any atom is 0.223 e. The van der Waals surface area contributed by atoms with E-state index in [-0.39, 0.29) is 18.4 Å². The molecule has 3 rings (SSSR count). The Labute approximate surface area is 134 Å². The SMILES string of the molecule is Cc1cn2c(n1)CCC(NC(=O)CC(O)c1cccc(F)c1)C2. The van der Waals surface area contributed by atoms with E-state index >= 15 is 0 Å². The lowest BCUT2D eigenvalue weighted by Crippen LogP contribution is -2.41. The number of imidazole rings is 1. The lowest BCUT2D eigenvalue weighted by atomic mass is 10.0. The van der Waals surface area contributed by atoms with Gasteiger partial charge < -0.3 is 15.0 Å². The van der Waals surface area contributed by atoms with Gasteiger partial charge in [0.15, 0.2) is 0 Å². The highest BCUT2D eigenvalue weighted by Gasteiger charge is 2.22. The molecule has 0 saturated heterocycles. The van der Waals surface area contributed by atoms with Crippen molar-refractivity contribution in [1.82, 2.24) is 14.9 Å². The van der Waals surface area contributed by atoms with Crippen LogP contribution in [-0.2, 0) is 17.8 Å². The first-order chi connectivity index (χ1) is 11.0. The average Bonchev–Trinajstić information content (AvgIpc) is 2.86. The third kappa shape index (κ3) is 3.76. The van der Waals surface area contributed by atoms with E-state index in [0.717, 1.165) is 24.4 Å². The normalized spacial score (nSPS) is 18.3. The lowest BCUT2D eigenvalue weighted by Gasteiger charge is -2.25. The van der Waals surface area contributed by atoms with Crippen LogP contribution < -0.4 is 5.32 Å². The third-order valence-corrected chi connectivity index (χ3v) is 4.09. The Bertz CT molecular complexity index is 714. The molecule has 1 aromatic carbocycles. The minimum absolute atomic E-state index is 0.0308. The van der Waals surface area contributed by atoms with E-state index in [1.54, 1.807) is 6.07 Å². The highest BCUT2D eigenvalue weighted by atomic mass is 19.1. The lowest BCUT2D eigenvalue weighted by molar-refractivity contribution is -0.124. The van der Waals surface area contributed by atoms with Crippen LogP contribution >= 0.6 is 0 Å². The molecule has 23 heavy (non-hydrogen) atoms. The maximum absolute atomic E-state index is 13.2. The highest BCUT2D eigenvalue weighted by molar-refractivity contribution is 5.77. The number of nitrogens with one attached hydrogen (secondary N) is 1. The number of aromatic nitrogens is 2. The van der Waals surface area contributed by atoms with Gasteiger partial charge in [-0.15, -0.1) is 0 Å². The Balaban J connectivity index is 1.55. The molecular formula is C17H20FN3O2. The second-order valence-electron chi connectivity index (χ2n) is 6.03. The molecule has 2 aromatic rings. The number of aryl methyl sites for hydroxylation is 2. The Morgan fingerprint density at radius 1 is 1.57 bits per heavy atom. The largest absolute Gasteiger partial charge is 0.388 e. The first-order valence-electron chi connectivity index (χ1n) is 7.77. The smallest absolute Gasteiger partial charge is 0.223 e. The van der Waals surface area contributed by atoms with E-state index in [9.17, 15) is 14.3 Å². The number of hydrogen-bond acceptors (Lipinski definition) is 3. The second kappa shape index (κ2) is 6.50. The molecule has 6 heteroatoms. The summed E-state index contributed by atoms with van der Waals surface area (Å²) in [5.74, 6) is 0.400. The fourth-order valence-electron chi connectivity index (χ4n) is 3.00. The number of nitrogens with zero attached hydrogens (tertiary/aromatic N) is 2. The Hall–Kier alpha value is -2.21. The van der Waals surface area contributed by atoms with Gasteiger partial charge in [-0.25, -0.2) is 9.37 Å². The van der Waals surface area contributed by atoms with Crippen molar-refractivity contribution in [2.45, 2.75) is 44.9 Å². The van der Waals surface area contributed by atoms with Crippen molar-refractivity contribution in [3.63, 3.8) is 0 Å². The van der Waals surface area contributed by atoms with Gasteiger partial charge in [0.1, 0.15) is 11.6 Å². The molecule has 0 aliphatic carbocycles. The number of fused-ring (bicyclic) bond motifs is 1. The number of rotatable bonds is 4. The van der Waals surface area contributed by atoms with E-state index in [1.165, 1.54) is 18.2 Å². The molecule has 1 aromatic heterocycles. The summed E-state index contributed by atoms with van der Waals surface area (Å²) in [7, 11) is 0. The van der Waals surface area contributed by atoms with Crippen LogP contribution in [0.5, 0.6) is 0 Å². The van der Waals surface area contributed by atoms with E-state index in [0.29, 0.717) is 12.1 Å². The number of carbonyl (C=O) groups is 1. The van der Waals surface area contributed by atoms with Gasteiger partial charge in [0.05, 0.1) is 18.2 Å². The summed E-state index contributed by atoms with van der Waals surface area (Å²) in [6.07, 6.45) is 2.56. The summed E-state index contributed by atoms with van der Waals surface area (Å²) in [5, 5.41) is 13.0. The van der Waals surface area contributed by atoms with Gasteiger partial charge in [-0.3, -0.25) is 4.79 Å². The van der Waals surface area contributed by atoms with Crippen molar-refractivity contribution in [2.75, 3.05) is 0 Å². The first-order valence-corrected chi connectivity index (χ1v) is 7.77. The van der Waals surface area contributed by atoms with Crippen molar-refractivity contribution in [3.8, 4) is 0 Å². The van der Waals surface area contributed by atoms with E-state index < -0.39 is 11.9 Å². The van der Waals surface area contributed by atoms with Gasteiger partial charge in [0, 0.05) is 25.2 Å². The van der Waals surface area contributed by atoms with Gasteiger partial charge in [0.25, 0.3) is 0 Å². The number of carbonyl (C=O) groups excluding carboxylic acids is 1. The predicted molar refractivity (Wildman–Crippen MR) is 83.2 cm³/mol. The van der Waals surface area contributed by atoms with Crippen LogP contribution in [0.15, 0.2) is 30.5 Å². The van der Waals surface area contributed by atoms with Crippen molar-refractivity contribution >= 4 is 5.91 Å². The van der Waals surface area contributed by atoms with Crippen molar-refractivity contribution < 1.29 is 14.3 Å². The third-order valence-electron chi connectivity index (χ3n) is 4.09. The number of hydrogen-bond donors (Lipinski definition) is 2. The van der Waals surface area contributed by atoms with Gasteiger partial charge in [-0.1, -0.05) is 12.1 Å². The molecule has 0 fully saturated rings. The minimum atomic E-state index is -1.000. The van der Waals surface area contributed by atoms with Gasteiger partial charge in [-0.2, -0.15) is 0 Å². The first kappa shape index (κ1) is 15.7. The summed E-state index contributed by atoms with van der Waals surface area (Å²) < 4.78 is 15.2. The molecule has 2 N–H and O–H groups in total. The molecule has 122 valence electrons. The molecule has 0 spiro atoms. The van der Waals surface area contributed by atoms with E-state index in [1.807, 2.05) is 13.1 Å². The molecule has 0 radical (unpaired) electrons. The molecule has 0 bridgehead atoms.